The summed E-state index contributed by atoms with van der Waals surface area (Å²) in [6.45, 7) is 4.46. The topological polar surface area (TPSA) is 152 Å². The summed E-state index contributed by atoms with van der Waals surface area (Å²) in [6, 6.07) is 0.154. The number of amidine groups is 1. The molecular formula is C24H33N7O3. The SMILES string of the molecule is C#CC1CCC(Cn2c(C(C)O)nc3nc(C(N)=NC(=O)O)nc(NC(C)C4CCC4)c32)CC1. The highest BCUT2D eigenvalue weighted by molar-refractivity contribution is 6.01. The molecule has 0 saturated heterocycles. The first-order valence-corrected chi connectivity index (χ1v) is 12.0. The number of fused-ring (bicyclic) bond motifs is 1. The number of hydrogen-bond acceptors (Lipinski definition) is 6. The third kappa shape index (κ3) is 4.99. The van der Waals surface area contributed by atoms with E-state index in [1.54, 1.807) is 6.92 Å². The Labute approximate surface area is 199 Å². The maximum absolute atomic E-state index is 11.1. The van der Waals surface area contributed by atoms with Gasteiger partial charge in [-0.3, -0.25) is 0 Å². The predicted octanol–water partition coefficient (Wildman–Crippen LogP) is 3.30. The Hall–Kier alpha value is -3.19. The monoisotopic (exact) mass is 467 g/mol. The van der Waals surface area contributed by atoms with Crippen molar-refractivity contribution >= 4 is 28.9 Å². The van der Waals surface area contributed by atoms with Crippen molar-refractivity contribution in [2.45, 2.75) is 77.5 Å². The second-order valence-corrected chi connectivity index (χ2v) is 9.61. The number of aliphatic hydroxyl groups excluding tert-OH is 1. The van der Waals surface area contributed by atoms with Gasteiger partial charge >= 0.3 is 6.09 Å². The van der Waals surface area contributed by atoms with Gasteiger partial charge in [0.25, 0.3) is 0 Å². The number of carbonyl (C=O) groups is 1. The third-order valence-electron chi connectivity index (χ3n) is 7.20. The van der Waals surface area contributed by atoms with Gasteiger partial charge in [-0.05, 0) is 64.2 Å². The van der Waals surface area contributed by atoms with Gasteiger partial charge in [0.05, 0.1) is 0 Å². The van der Waals surface area contributed by atoms with Gasteiger partial charge in [0.2, 0.25) is 0 Å². The Bertz CT molecular complexity index is 1120. The lowest BCUT2D eigenvalue weighted by Crippen LogP contribution is -2.32. The van der Waals surface area contributed by atoms with Gasteiger partial charge < -0.3 is 25.8 Å². The van der Waals surface area contributed by atoms with E-state index in [0.717, 1.165) is 38.5 Å². The number of imidazole rings is 1. The summed E-state index contributed by atoms with van der Waals surface area (Å²) in [5, 5.41) is 23.0. The molecule has 0 aliphatic heterocycles. The Morgan fingerprint density at radius 1 is 1.24 bits per heavy atom. The minimum Gasteiger partial charge on any atom is -0.463 e. The van der Waals surface area contributed by atoms with Crippen LogP contribution in [0.3, 0.4) is 0 Å². The van der Waals surface area contributed by atoms with Crippen LogP contribution in [0.5, 0.6) is 0 Å². The summed E-state index contributed by atoms with van der Waals surface area (Å²) in [7, 11) is 0. The van der Waals surface area contributed by atoms with Crippen molar-refractivity contribution in [1.82, 2.24) is 19.5 Å². The third-order valence-corrected chi connectivity index (χ3v) is 7.20. The molecule has 1 amide bonds. The Balaban J connectivity index is 1.78. The molecule has 2 atom stereocenters. The molecule has 2 aliphatic rings. The van der Waals surface area contributed by atoms with Crippen molar-refractivity contribution in [2.75, 3.05) is 5.32 Å². The molecule has 10 nitrogen and oxygen atoms in total. The van der Waals surface area contributed by atoms with E-state index in [9.17, 15) is 9.90 Å². The maximum Gasteiger partial charge on any atom is 0.433 e. The van der Waals surface area contributed by atoms with Gasteiger partial charge in [0, 0.05) is 18.5 Å². The first-order valence-electron chi connectivity index (χ1n) is 12.0. The van der Waals surface area contributed by atoms with Crippen LogP contribution >= 0.6 is 0 Å². The number of hydrogen-bond donors (Lipinski definition) is 4. The molecule has 34 heavy (non-hydrogen) atoms. The number of anilines is 1. The molecule has 2 fully saturated rings. The quantitative estimate of drug-likeness (QED) is 0.275. The number of aliphatic imine (C=N–C) groups is 1. The molecule has 2 aliphatic carbocycles. The van der Waals surface area contributed by atoms with Gasteiger partial charge in [-0.25, -0.2) is 19.7 Å². The number of nitrogens with two attached hydrogens (primary N) is 1. The highest BCUT2D eigenvalue weighted by Crippen LogP contribution is 2.35. The van der Waals surface area contributed by atoms with E-state index in [0.29, 0.717) is 47.1 Å². The maximum atomic E-state index is 11.1. The lowest BCUT2D eigenvalue weighted by molar-refractivity contribution is 0.180. The van der Waals surface area contributed by atoms with Crippen LogP contribution in [0.15, 0.2) is 4.99 Å². The summed E-state index contributed by atoms with van der Waals surface area (Å²) in [5.41, 5.74) is 6.92. The number of aromatic nitrogens is 4. The summed E-state index contributed by atoms with van der Waals surface area (Å²) in [6.07, 6.45) is 10.9. The van der Waals surface area contributed by atoms with Crippen molar-refractivity contribution in [3.8, 4) is 12.3 Å². The number of terminal acetylenes is 1. The molecule has 2 saturated carbocycles. The molecular weight excluding hydrogens is 434 g/mol. The highest BCUT2D eigenvalue weighted by atomic mass is 16.4. The molecule has 0 spiro atoms. The van der Waals surface area contributed by atoms with E-state index in [1.807, 2.05) is 4.57 Å². The number of amides is 1. The number of nitrogens with one attached hydrogen (secondary N) is 1. The van der Waals surface area contributed by atoms with Crippen molar-refractivity contribution in [2.24, 2.45) is 28.5 Å². The second-order valence-electron chi connectivity index (χ2n) is 9.61. The van der Waals surface area contributed by atoms with Crippen LogP contribution in [0.1, 0.15) is 76.5 Å². The fourth-order valence-corrected chi connectivity index (χ4v) is 4.97. The fourth-order valence-electron chi connectivity index (χ4n) is 4.97. The number of rotatable bonds is 7. The van der Waals surface area contributed by atoms with E-state index in [2.05, 4.69) is 38.1 Å². The van der Waals surface area contributed by atoms with Gasteiger partial charge in [0.15, 0.2) is 23.1 Å². The molecule has 4 rings (SSSR count). The van der Waals surface area contributed by atoms with Crippen LogP contribution in [-0.4, -0.2) is 47.7 Å². The zero-order chi connectivity index (χ0) is 24.4. The lowest BCUT2D eigenvalue weighted by atomic mass is 9.80. The highest BCUT2D eigenvalue weighted by Gasteiger charge is 2.29. The molecule has 0 bridgehead atoms. The zero-order valence-corrected chi connectivity index (χ0v) is 19.7. The Kier molecular flexibility index (Phi) is 7.03. The number of aliphatic hydroxyl groups is 1. The Morgan fingerprint density at radius 3 is 2.50 bits per heavy atom. The van der Waals surface area contributed by atoms with E-state index >= 15 is 0 Å². The van der Waals surface area contributed by atoms with Crippen molar-refractivity contribution in [1.29, 1.82) is 0 Å². The van der Waals surface area contributed by atoms with Crippen molar-refractivity contribution in [3.63, 3.8) is 0 Å². The van der Waals surface area contributed by atoms with Gasteiger partial charge in [-0.15, -0.1) is 12.3 Å². The van der Waals surface area contributed by atoms with E-state index in [1.165, 1.54) is 6.42 Å². The zero-order valence-electron chi connectivity index (χ0n) is 19.7. The van der Waals surface area contributed by atoms with Crippen LogP contribution in [-0.2, 0) is 6.54 Å². The van der Waals surface area contributed by atoms with E-state index in [4.69, 9.17) is 17.3 Å². The molecule has 2 unspecified atom stereocenters. The number of carboxylic acid groups (broad SMARTS) is 1. The van der Waals surface area contributed by atoms with Crippen LogP contribution in [0, 0.1) is 30.1 Å². The minimum atomic E-state index is -1.42. The van der Waals surface area contributed by atoms with Gasteiger partial charge in [0.1, 0.15) is 17.4 Å². The average Bonchev–Trinajstić information content (AvgIpc) is 3.11. The lowest BCUT2D eigenvalue weighted by Gasteiger charge is -2.32. The molecule has 5 N–H and O–H groups in total. The van der Waals surface area contributed by atoms with Crippen LogP contribution < -0.4 is 11.1 Å². The van der Waals surface area contributed by atoms with Crippen LogP contribution in [0.2, 0.25) is 0 Å². The molecule has 182 valence electrons. The van der Waals surface area contributed by atoms with Crippen molar-refractivity contribution in [3.05, 3.63) is 11.6 Å². The fraction of sp³-hybridized carbons (Fsp3) is 0.625. The van der Waals surface area contributed by atoms with Gasteiger partial charge in [-0.1, -0.05) is 6.42 Å². The van der Waals surface area contributed by atoms with Crippen LogP contribution in [0.25, 0.3) is 11.2 Å². The van der Waals surface area contributed by atoms with Crippen LogP contribution in [0.4, 0.5) is 10.6 Å². The molecule has 0 radical (unpaired) electrons. The van der Waals surface area contributed by atoms with Gasteiger partial charge in [-0.2, -0.15) is 4.99 Å². The largest absolute Gasteiger partial charge is 0.463 e. The number of nitrogens with zero attached hydrogens (tertiary/aromatic N) is 5. The first kappa shape index (κ1) is 24.0. The first-order chi connectivity index (χ1) is 16.3. The smallest absolute Gasteiger partial charge is 0.433 e. The van der Waals surface area contributed by atoms with Crippen molar-refractivity contribution < 1.29 is 15.0 Å². The second kappa shape index (κ2) is 9.97. The molecule has 2 aromatic heterocycles. The molecule has 0 aromatic carbocycles. The predicted molar refractivity (Wildman–Crippen MR) is 129 cm³/mol. The molecule has 2 heterocycles. The normalized spacial score (nSPS) is 23.2. The average molecular weight is 468 g/mol. The summed E-state index contributed by atoms with van der Waals surface area (Å²) in [4.78, 5) is 28.0. The summed E-state index contributed by atoms with van der Waals surface area (Å²) >= 11 is 0. The molecule has 2 aromatic rings. The minimum absolute atomic E-state index is 0.00506. The standard InChI is InChI=1S/C24H33N7O3/c1-4-15-8-10-16(11-9-15)12-31-18-20(26-13(2)17-6-5-7-17)28-22(19(25)27-24(33)34)29-21(18)30-23(31)14(3)32/h1,13-17,32H,5-12H2,2-3H3,(H2,25,27)(H,33,34)(H,26,28,29). The Morgan fingerprint density at radius 2 is 1.94 bits per heavy atom. The summed E-state index contributed by atoms with van der Waals surface area (Å²) in [5.74, 6) is 4.85. The van der Waals surface area contributed by atoms with E-state index in [-0.39, 0.29) is 17.7 Å². The summed E-state index contributed by atoms with van der Waals surface area (Å²) < 4.78 is 2.00. The molecule has 10 heteroatoms. The van der Waals surface area contributed by atoms with E-state index < -0.39 is 12.2 Å².